The Kier molecular flexibility index (Phi) is 6.93. The van der Waals surface area contributed by atoms with E-state index >= 15 is 0 Å². The van der Waals surface area contributed by atoms with E-state index in [9.17, 15) is 10.4 Å². The number of hydrogen-bond acceptors (Lipinski definition) is 7. The van der Waals surface area contributed by atoms with Crippen LogP contribution in [0.4, 0.5) is 11.5 Å². The Bertz CT molecular complexity index is 1140. The molecule has 1 aromatic heterocycles. The molecular weight excluding hydrogens is 426 g/mol. The number of benzene rings is 2. The zero-order chi connectivity index (χ0) is 22.5. The van der Waals surface area contributed by atoms with E-state index in [0.29, 0.717) is 34.6 Å². The SMILES string of the molecule is COc1ccc(CNc2nncc3c(N4CCC(CCO)CC4)cc(C#N)cc23)cc1Cl. The topological polar surface area (TPSA) is 94.3 Å². The highest BCUT2D eigenvalue weighted by molar-refractivity contribution is 6.32. The van der Waals surface area contributed by atoms with Gasteiger partial charge in [0.2, 0.25) is 0 Å². The Labute approximate surface area is 192 Å². The fraction of sp³-hybridized carbons (Fsp3) is 0.375. The fourth-order valence-corrected chi connectivity index (χ4v) is 4.56. The third-order valence-electron chi connectivity index (χ3n) is 6.06. The summed E-state index contributed by atoms with van der Waals surface area (Å²) < 4.78 is 5.21. The number of piperidine rings is 1. The second kappa shape index (κ2) is 10.0. The zero-order valence-corrected chi connectivity index (χ0v) is 18.8. The van der Waals surface area contributed by atoms with Crippen LogP contribution in [-0.4, -0.2) is 42.1 Å². The van der Waals surface area contributed by atoms with Crippen molar-refractivity contribution >= 4 is 33.9 Å². The smallest absolute Gasteiger partial charge is 0.156 e. The molecule has 2 heterocycles. The average molecular weight is 452 g/mol. The van der Waals surface area contributed by atoms with Crippen molar-refractivity contribution in [3.05, 3.63) is 52.7 Å². The molecule has 8 heteroatoms. The monoisotopic (exact) mass is 451 g/mol. The number of methoxy groups -OCH3 is 1. The first-order valence-electron chi connectivity index (χ1n) is 10.7. The van der Waals surface area contributed by atoms with E-state index < -0.39 is 0 Å². The Balaban J connectivity index is 1.61. The predicted molar refractivity (Wildman–Crippen MR) is 126 cm³/mol. The minimum Gasteiger partial charge on any atom is -0.495 e. The predicted octanol–water partition coefficient (Wildman–Crippen LogP) is 4.37. The summed E-state index contributed by atoms with van der Waals surface area (Å²) in [6, 6.07) is 11.7. The summed E-state index contributed by atoms with van der Waals surface area (Å²) in [7, 11) is 1.59. The maximum atomic E-state index is 9.63. The number of aromatic nitrogens is 2. The highest BCUT2D eigenvalue weighted by Crippen LogP contribution is 2.34. The van der Waals surface area contributed by atoms with Crippen LogP contribution in [0, 0.1) is 17.2 Å². The number of nitrogens with one attached hydrogen (secondary N) is 1. The number of nitrogens with zero attached hydrogens (tertiary/aromatic N) is 4. The molecule has 0 aliphatic carbocycles. The van der Waals surface area contributed by atoms with E-state index in [1.165, 1.54) is 0 Å². The number of halogens is 1. The van der Waals surface area contributed by atoms with Crippen molar-refractivity contribution in [2.24, 2.45) is 5.92 Å². The molecule has 2 N–H and O–H groups in total. The number of ether oxygens (including phenoxy) is 1. The Morgan fingerprint density at radius 2 is 2.06 bits per heavy atom. The van der Waals surface area contributed by atoms with Crippen LogP contribution < -0.4 is 15.0 Å². The first kappa shape index (κ1) is 22.1. The van der Waals surface area contributed by atoms with E-state index in [1.54, 1.807) is 13.3 Å². The van der Waals surface area contributed by atoms with Gasteiger partial charge in [-0.3, -0.25) is 0 Å². The number of nitriles is 1. The standard InChI is InChI=1S/C24H26ClN5O2/c1-32-23-3-2-17(11-21(23)25)14-27-24-19-10-18(13-26)12-22(20(19)15-28-29-24)30-7-4-16(5-8-30)6-9-31/h2-3,10-12,15-16,31H,4-9,14H2,1H3,(H,27,29). The van der Waals surface area contributed by atoms with Crippen molar-refractivity contribution in [1.82, 2.24) is 10.2 Å². The number of aliphatic hydroxyl groups excluding tert-OH is 1. The molecule has 0 amide bonds. The van der Waals surface area contributed by atoms with Crippen LogP contribution in [0.3, 0.4) is 0 Å². The molecule has 0 atom stereocenters. The minimum absolute atomic E-state index is 0.238. The molecule has 0 unspecified atom stereocenters. The first-order valence-corrected chi connectivity index (χ1v) is 11.1. The molecule has 1 aliphatic heterocycles. The zero-order valence-electron chi connectivity index (χ0n) is 18.0. The maximum absolute atomic E-state index is 9.63. The summed E-state index contributed by atoms with van der Waals surface area (Å²) in [5, 5.41) is 33.1. The summed E-state index contributed by atoms with van der Waals surface area (Å²) in [5.74, 6) is 1.81. The number of fused-ring (bicyclic) bond motifs is 1. The van der Waals surface area contributed by atoms with Gasteiger partial charge in [-0.25, -0.2) is 0 Å². The van der Waals surface area contributed by atoms with Crippen LogP contribution >= 0.6 is 11.6 Å². The van der Waals surface area contributed by atoms with Gasteiger partial charge in [-0.15, -0.1) is 5.10 Å². The molecule has 2 aromatic carbocycles. The van der Waals surface area contributed by atoms with E-state index in [4.69, 9.17) is 16.3 Å². The van der Waals surface area contributed by atoms with E-state index in [2.05, 4.69) is 26.5 Å². The maximum Gasteiger partial charge on any atom is 0.156 e. The molecule has 166 valence electrons. The van der Waals surface area contributed by atoms with Gasteiger partial charge in [-0.05, 0) is 55.0 Å². The largest absolute Gasteiger partial charge is 0.495 e. The summed E-state index contributed by atoms with van der Waals surface area (Å²) in [6.07, 6.45) is 4.67. The van der Waals surface area contributed by atoms with Gasteiger partial charge < -0.3 is 20.1 Å². The molecule has 4 rings (SSSR count). The number of rotatable bonds is 7. The van der Waals surface area contributed by atoms with Crippen LogP contribution in [-0.2, 0) is 6.54 Å². The summed E-state index contributed by atoms with van der Waals surface area (Å²) >= 11 is 6.25. The number of hydrogen-bond donors (Lipinski definition) is 2. The van der Waals surface area contributed by atoms with Gasteiger partial charge in [0.25, 0.3) is 0 Å². The highest BCUT2D eigenvalue weighted by Gasteiger charge is 2.22. The molecule has 1 fully saturated rings. The van der Waals surface area contributed by atoms with Crippen LogP contribution in [0.15, 0.2) is 36.5 Å². The fourth-order valence-electron chi connectivity index (χ4n) is 4.28. The third kappa shape index (κ3) is 4.72. The Morgan fingerprint density at radius 3 is 2.75 bits per heavy atom. The molecule has 32 heavy (non-hydrogen) atoms. The Hall–Kier alpha value is -3.08. The van der Waals surface area contributed by atoms with Gasteiger partial charge in [-0.2, -0.15) is 10.4 Å². The average Bonchev–Trinajstić information content (AvgIpc) is 2.83. The summed E-state index contributed by atoms with van der Waals surface area (Å²) in [5.41, 5.74) is 2.58. The molecular formula is C24H26ClN5O2. The van der Waals surface area contributed by atoms with E-state index in [1.807, 2.05) is 30.3 Å². The molecule has 3 aromatic rings. The molecule has 0 spiro atoms. The van der Waals surface area contributed by atoms with Gasteiger partial charge in [0.1, 0.15) is 5.75 Å². The van der Waals surface area contributed by atoms with Crippen molar-refractivity contribution in [3.63, 3.8) is 0 Å². The Morgan fingerprint density at radius 1 is 1.25 bits per heavy atom. The van der Waals surface area contributed by atoms with Gasteiger partial charge in [0, 0.05) is 42.7 Å². The molecule has 1 aliphatic rings. The first-order chi connectivity index (χ1) is 15.6. The molecule has 7 nitrogen and oxygen atoms in total. The van der Waals surface area contributed by atoms with Gasteiger partial charge >= 0.3 is 0 Å². The minimum atomic E-state index is 0.238. The van der Waals surface area contributed by atoms with Gasteiger partial charge in [0.05, 0.1) is 30.0 Å². The number of anilines is 2. The second-order valence-electron chi connectivity index (χ2n) is 8.03. The summed E-state index contributed by atoms with van der Waals surface area (Å²) in [6.45, 7) is 2.53. The van der Waals surface area contributed by atoms with Crippen LogP contribution in [0.1, 0.15) is 30.4 Å². The third-order valence-corrected chi connectivity index (χ3v) is 6.35. The van der Waals surface area contributed by atoms with E-state index in [-0.39, 0.29) is 6.61 Å². The van der Waals surface area contributed by atoms with Crippen molar-refractivity contribution in [2.45, 2.75) is 25.8 Å². The quantitative estimate of drug-likeness (QED) is 0.550. The lowest BCUT2D eigenvalue weighted by atomic mass is 9.93. The number of aliphatic hydroxyl groups is 1. The van der Waals surface area contributed by atoms with Crippen molar-refractivity contribution in [3.8, 4) is 11.8 Å². The summed E-state index contributed by atoms with van der Waals surface area (Å²) in [4.78, 5) is 2.31. The lowest BCUT2D eigenvalue weighted by Gasteiger charge is -2.34. The molecule has 0 bridgehead atoms. The normalized spacial score (nSPS) is 14.4. The van der Waals surface area contributed by atoms with Crippen LogP contribution in [0.25, 0.3) is 10.8 Å². The molecule has 1 saturated heterocycles. The van der Waals surface area contributed by atoms with E-state index in [0.717, 1.165) is 54.4 Å². The van der Waals surface area contributed by atoms with Crippen LogP contribution in [0.5, 0.6) is 5.75 Å². The van der Waals surface area contributed by atoms with Crippen molar-refractivity contribution in [1.29, 1.82) is 5.26 Å². The van der Waals surface area contributed by atoms with Gasteiger partial charge in [0.15, 0.2) is 5.82 Å². The second-order valence-corrected chi connectivity index (χ2v) is 8.43. The van der Waals surface area contributed by atoms with Crippen molar-refractivity contribution < 1.29 is 9.84 Å². The van der Waals surface area contributed by atoms with Crippen LogP contribution in [0.2, 0.25) is 5.02 Å². The van der Waals surface area contributed by atoms with Gasteiger partial charge in [-0.1, -0.05) is 17.7 Å². The van der Waals surface area contributed by atoms with Crippen molar-refractivity contribution in [2.75, 3.05) is 37.0 Å². The lowest BCUT2D eigenvalue weighted by molar-refractivity contribution is 0.240. The lowest BCUT2D eigenvalue weighted by Crippen LogP contribution is -2.34. The highest BCUT2D eigenvalue weighted by atomic mass is 35.5. The molecule has 0 radical (unpaired) electrons. The molecule has 0 saturated carbocycles.